The van der Waals surface area contributed by atoms with Crippen molar-refractivity contribution in [1.29, 1.82) is 0 Å². The Morgan fingerprint density at radius 1 is 1.13 bits per heavy atom. The molecule has 1 aromatic rings. The zero-order valence-electron chi connectivity index (χ0n) is 14.1. The van der Waals surface area contributed by atoms with E-state index in [4.69, 9.17) is 4.74 Å². The maximum atomic E-state index is 12.0. The number of hydrogen-bond acceptors (Lipinski definition) is 3. The van der Waals surface area contributed by atoms with Crippen LogP contribution in [0.2, 0.25) is 0 Å². The number of hydrogen-bond donors (Lipinski definition) is 2. The average Bonchev–Trinajstić information content (AvgIpc) is 3.02. The summed E-state index contributed by atoms with van der Waals surface area (Å²) < 4.78 is 5.21. The Morgan fingerprint density at radius 3 is 2.26 bits per heavy atom. The molecule has 23 heavy (non-hydrogen) atoms. The van der Waals surface area contributed by atoms with E-state index < -0.39 is 11.8 Å². The van der Waals surface area contributed by atoms with Gasteiger partial charge >= 0.3 is 11.8 Å². The summed E-state index contributed by atoms with van der Waals surface area (Å²) in [7, 11) is 1.65. The molecule has 2 rings (SSSR count). The quantitative estimate of drug-likeness (QED) is 0.818. The Hall–Kier alpha value is -2.04. The van der Waals surface area contributed by atoms with Crippen molar-refractivity contribution in [3.8, 4) is 5.75 Å². The molecule has 0 aromatic heterocycles. The van der Waals surface area contributed by atoms with E-state index in [0.717, 1.165) is 31.4 Å². The van der Waals surface area contributed by atoms with Crippen LogP contribution in [0.5, 0.6) is 5.75 Å². The predicted octanol–water partition coefficient (Wildman–Crippen LogP) is 2.15. The fourth-order valence-electron chi connectivity index (χ4n) is 3.22. The molecule has 0 radical (unpaired) electrons. The van der Waals surface area contributed by atoms with E-state index in [1.54, 1.807) is 7.11 Å². The fourth-order valence-corrected chi connectivity index (χ4v) is 3.22. The summed E-state index contributed by atoms with van der Waals surface area (Å²) in [5.41, 5.74) is 1.11. The smallest absolute Gasteiger partial charge is 0.309 e. The van der Waals surface area contributed by atoms with Crippen LogP contribution in [0, 0.1) is 0 Å². The van der Waals surface area contributed by atoms with Crippen LogP contribution < -0.4 is 15.4 Å². The molecule has 0 aliphatic heterocycles. The lowest BCUT2D eigenvalue weighted by atomic mass is 9.78. The minimum absolute atomic E-state index is 0.0460. The molecule has 0 unspecified atom stereocenters. The van der Waals surface area contributed by atoms with Gasteiger partial charge in [-0.1, -0.05) is 25.0 Å². The molecule has 0 spiro atoms. The second kappa shape index (κ2) is 7.49. The number of rotatable bonds is 5. The third-order valence-electron chi connectivity index (χ3n) is 4.48. The zero-order valence-corrected chi connectivity index (χ0v) is 14.1. The van der Waals surface area contributed by atoms with Gasteiger partial charge < -0.3 is 15.4 Å². The normalized spacial score (nSPS) is 16.2. The van der Waals surface area contributed by atoms with Gasteiger partial charge in [-0.05, 0) is 44.4 Å². The van der Waals surface area contributed by atoms with E-state index in [2.05, 4.69) is 22.8 Å². The summed E-state index contributed by atoms with van der Waals surface area (Å²) >= 11 is 0. The SMILES string of the molecule is COc1ccc(C2(CNC(=O)C(=O)NC(C)C)CCCC2)cc1. The number of carbonyl (C=O) groups excluding carboxylic acids is 2. The van der Waals surface area contributed by atoms with Gasteiger partial charge in [0.25, 0.3) is 0 Å². The number of methoxy groups -OCH3 is 1. The minimum atomic E-state index is -0.567. The Balaban J connectivity index is 2.06. The standard InChI is InChI=1S/C18H26N2O3/c1-13(2)20-17(22)16(21)19-12-18(10-4-5-11-18)14-6-8-15(23-3)9-7-14/h6-9,13H,4-5,10-12H2,1-3H3,(H,19,21)(H,20,22). The Morgan fingerprint density at radius 2 is 1.74 bits per heavy atom. The van der Waals surface area contributed by atoms with Gasteiger partial charge in [0.05, 0.1) is 7.11 Å². The van der Waals surface area contributed by atoms with E-state index >= 15 is 0 Å². The van der Waals surface area contributed by atoms with E-state index in [1.165, 1.54) is 5.56 Å². The lowest BCUT2D eigenvalue weighted by Crippen LogP contribution is -2.47. The van der Waals surface area contributed by atoms with Crippen molar-refractivity contribution in [2.75, 3.05) is 13.7 Å². The fraction of sp³-hybridized carbons (Fsp3) is 0.556. The molecule has 5 heteroatoms. The first-order chi connectivity index (χ1) is 11.0. The number of ether oxygens (including phenoxy) is 1. The van der Waals surface area contributed by atoms with Crippen LogP contribution in [0.15, 0.2) is 24.3 Å². The second-order valence-electron chi connectivity index (χ2n) is 6.53. The Kier molecular flexibility index (Phi) is 5.64. The summed E-state index contributed by atoms with van der Waals surface area (Å²) in [5.74, 6) is -0.302. The number of benzene rings is 1. The molecule has 0 saturated heterocycles. The van der Waals surface area contributed by atoms with Crippen LogP contribution in [0.1, 0.15) is 45.1 Å². The summed E-state index contributed by atoms with van der Waals surface area (Å²) in [6.45, 7) is 4.16. The molecule has 0 bridgehead atoms. The maximum absolute atomic E-state index is 12.0. The Bertz CT molecular complexity index is 546. The van der Waals surface area contributed by atoms with Crippen LogP contribution in [0.4, 0.5) is 0 Å². The van der Waals surface area contributed by atoms with Crippen molar-refractivity contribution in [3.05, 3.63) is 29.8 Å². The molecule has 5 nitrogen and oxygen atoms in total. The largest absolute Gasteiger partial charge is 0.497 e. The van der Waals surface area contributed by atoms with Gasteiger partial charge in [-0.2, -0.15) is 0 Å². The molecule has 0 heterocycles. The van der Waals surface area contributed by atoms with Crippen molar-refractivity contribution in [2.24, 2.45) is 0 Å². The van der Waals surface area contributed by atoms with Crippen LogP contribution in [0.25, 0.3) is 0 Å². The minimum Gasteiger partial charge on any atom is -0.497 e. The van der Waals surface area contributed by atoms with Crippen molar-refractivity contribution in [3.63, 3.8) is 0 Å². The Labute approximate surface area is 137 Å². The highest BCUT2D eigenvalue weighted by Gasteiger charge is 2.36. The first-order valence-corrected chi connectivity index (χ1v) is 8.20. The van der Waals surface area contributed by atoms with Crippen LogP contribution in [-0.4, -0.2) is 31.5 Å². The highest BCUT2D eigenvalue weighted by atomic mass is 16.5. The maximum Gasteiger partial charge on any atom is 0.309 e. The molecule has 2 amide bonds. The van der Waals surface area contributed by atoms with Gasteiger partial charge in [0.1, 0.15) is 5.75 Å². The van der Waals surface area contributed by atoms with E-state index in [-0.39, 0.29) is 11.5 Å². The topological polar surface area (TPSA) is 67.4 Å². The molecule has 1 saturated carbocycles. The van der Waals surface area contributed by atoms with Gasteiger partial charge in [-0.3, -0.25) is 9.59 Å². The van der Waals surface area contributed by atoms with E-state index in [1.807, 2.05) is 26.0 Å². The van der Waals surface area contributed by atoms with Gasteiger partial charge in [-0.15, -0.1) is 0 Å². The molecular formula is C18H26N2O3. The predicted molar refractivity (Wildman–Crippen MR) is 89.4 cm³/mol. The zero-order chi connectivity index (χ0) is 16.9. The third kappa shape index (κ3) is 4.24. The monoisotopic (exact) mass is 318 g/mol. The lowest BCUT2D eigenvalue weighted by molar-refractivity contribution is -0.139. The van der Waals surface area contributed by atoms with Gasteiger partial charge in [-0.25, -0.2) is 0 Å². The molecule has 1 aliphatic rings. The number of nitrogens with one attached hydrogen (secondary N) is 2. The van der Waals surface area contributed by atoms with Gasteiger partial charge in [0.15, 0.2) is 0 Å². The summed E-state index contributed by atoms with van der Waals surface area (Å²) in [4.78, 5) is 23.7. The van der Waals surface area contributed by atoms with Crippen molar-refractivity contribution in [1.82, 2.24) is 10.6 Å². The first-order valence-electron chi connectivity index (χ1n) is 8.20. The van der Waals surface area contributed by atoms with Crippen molar-refractivity contribution in [2.45, 2.75) is 51.0 Å². The molecule has 2 N–H and O–H groups in total. The second-order valence-corrected chi connectivity index (χ2v) is 6.53. The van der Waals surface area contributed by atoms with E-state index in [0.29, 0.717) is 6.54 Å². The summed E-state index contributed by atoms with van der Waals surface area (Å²) in [6, 6.07) is 7.97. The molecule has 126 valence electrons. The van der Waals surface area contributed by atoms with E-state index in [9.17, 15) is 9.59 Å². The highest BCUT2D eigenvalue weighted by molar-refractivity contribution is 6.35. The molecule has 1 fully saturated rings. The molecule has 1 aromatic carbocycles. The molecule has 0 atom stereocenters. The molecule has 1 aliphatic carbocycles. The first kappa shape index (κ1) is 17.3. The van der Waals surface area contributed by atoms with Gasteiger partial charge in [0.2, 0.25) is 0 Å². The lowest BCUT2D eigenvalue weighted by Gasteiger charge is -2.30. The number of amides is 2. The van der Waals surface area contributed by atoms with Crippen molar-refractivity contribution < 1.29 is 14.3 Å². The number of carbonyl (C=O) groups is 2. The summed E-state index contributed by atoms with van der Waals surface area (Å²) in [5, 5.41) is 5.43. The highest BCUT2D eigenvalue weighted by Crippen LogP contribution is 2.41. The van der Waals surface area contributed by atoms with Crippen LogP contribution >= 0.6 is 0 Å². The van der Waals surface area contributed by atoms with Crippen molar-refractivity contribution >= 4 is 11.8 Å². The molecular weight excluding hydrogens is 292 g/mol. The van der Waals surface area contributed by atoms with Crippen LogP contribution in [0.3, 0.4) is 0 Å². The van der Waals surface area contributed by atoms with Gasteiger partial charge in [0, 0.05) is 18.0 Å². The average molecular weight is 318 g/mol. The third-order valence-corrected chi connectivity index (χ3v) is 4.48. The van der Waals surface area contributed by atoms with Crippen LogP contribution in [-0.2, 0) is 15.0 Å². The summed E-state index contributed by atoms with van der Waals surface area (Å²) in [6.07, 6.45) is 4.32.